The highest BCUT2D eigenvalue weighted by molar-refractivity contribution is 4.65. The van der Waals surface area contributed by atoms with Crippen LogP contribution in [0.2, 0.25) is 0 Å². The zero-order valence-corrected chi connectivity index (χ0v) is 9.41. The summed E-state index contributed by atoms with van der Waals surface area (Å²) in [5.74, 6) is 0.823. The second-order valence-corrected chi connectivity index (χ2v) is 5.01. The predicted molar refractivity (Wildman–Crippen MR) is 56.4 cm³/mol. The Morgan fingerprint density at radius 2 is 1.83 bits per heavy atom. The van der Waals surface area contributed by atoms with Crippen molar-refractivity contribution >= 4 is 0 Å². The van der Waals surface area contributed by atoms with Crippen molar-refractivity contribution in [1.29, 1.82) is 0 Å². The van der Waals surface area contributed by atoms with E-state index in [1.807, 2.05) is 0 Å². The van der Waals surface area contributed by atoms with E-state index in [2.05, 4.69) is 39.9 Å². The maximum Gasteiger partial charge on any atom is -0.00233 e. The average molecular weight is 171 g/mol. The van der Waals surface area contributed by atoms with Gasteiger partial charge in [0.2, 0.25) is 0 Å². The van der Waals surface area contributed by atoms with E-state index in [0.29, 0.717) is 5.41 Å². The molecular weight excluding hydrogens is 146 g/mol. The molecule has 0 fully saturated rings. The second kappa shape index (κ2) is 5.58. The molecule has 0 saturated carbocycles. The quantitative estimate of drug-likeness (QED) is 0.670. The SMILES string of the molecule is CCNCC(C)CCC(C)(C)C. The molecule has 0 rings (SSSR count). The zero-order valence-electron chi connectivity index (χ0n) is 9.41. The number of hydrogen-bond donors (Lipinski definition) is 1. The summed E-state index contributed by atoms with van der Waals surface area (Å²) in [5.41, 5.74) is 0.500. The van der Waals surface area contributed by atoms with E-state index in [4.69, 9.17) is 0 Å². The highest BCUT2D eigenvalue weighted by Gasteiger charge is 2.11. The van der Waals surface area contributed by atoms with Crippen LogP contribution >= 0.6 is 0 Å². The van der Waals surface area contributed by atoms with Gasteiger partial charge in [-0.3, -0.25) is 0 Å². The minimum Gasteiger partial charge on any atom is -0.317 e. The molecule has 0 aliphatic heterocycles. The third kappa shape index (κ3) is 8.06. The van der Waals surface area contributed by atoms with E-state index in [-0.39, 0.29) is 0 Å². The van der Waals surface area contributed by atoms with E-state index in [9.17, 15) is 0 Å². The number of nitrogens with one attached hydrogen (secondary N) is 1. The van der Waals surface area contributed by atoms with Crippen molar-refractivity contribution in [1.82, 2.24) is 5.32 Å². The Labute approximate surface area is 77.9 Å². The van der Waals surface area contributed by atoms with Crippen molar-refractivity contribution in [3.05, 3.63) is 0 Å². The van der Waals surface area contributed by atoms with Crippen LogP contribution in [0.3, 0.4) is 0 Å². The number of hydrogen-bond acceptors (Lipinski definition) is 1. The molecule has 0 bridgehead atoms. The molecule has 0 amide bonds. The van der Waals surface area contributed by atoms with Crippen LogP contribution in [-0.2, 0) is 0 Å². The van der Waals surface area contributed by atoms with Gasteiger partial charge in [-0.2, -0.15) is 0 Å². The Balaban J connectivity index is 3.37. The van der Waals surface area contributed by atoms with Gasteiger partial charge in [0.15, 0.2) is 0 Å². The molecule has 0 heterocycles. The molecule has 12 heavy (non-hydrogen) atoms. The van der Waals surface area contributed by atoms with Gasteiger partial charge in [-0.15, -0.1) is 0 Å². The van der Waals surface area contributed by atoms with Gasteiger partial charge in [0.05, 0.1) is 0 Å². The smallest absolute Gasteiger partial charge is 0.00233 e. The van der Waals surface area contributed by atoms with E-state index >= 15 is 0 Å². The lowest BCUT2D eigenvalue weighted by Gasteiger charge is -2.20. The van der Waals surface area contributed by atoms with Gasteiger partial charge in [-0.1, -0.05) is 34.6 Å². The average Bonchev–Trinajstić information content (AvgIpc) is 1.95. The summed E-state index contributed by atoms with van der Waals surface area (Å²) in [4.78, 5) is 0. The molecule has 1 atom stereocenters. The van der Waals surface area contributed by atoms with Crippen LogP contribution in [0.25, 0.3) is 0 Å². The van der Waals surface area contributed by atoms with Crippen molar-refractivity contribution in [2.75, 3.05) is 13.1 Å². The molecule has 1 heteroatoms. The topological polar surface area (TPSA) is 12.0 Å². The molecule has 0 aromatic carbocycles. The maximum atomic E-state index is 3.38. The van der Waals surface area contributed by atoms with Crippen molar-refractivity contribution in [2.45, 2.75) is 47.5 Å². The van der Waals surface area contributed by atoms with E-state index in [0.717, 1.165) is 12.5 Å². The molecule has 1 nitrogen and oxygen atoms in total. The highest BCUT2D eigenvalue weighted by Crippen LogP contribution is 2.23. The van der Waals surface area contributed by atoms with Crippen molar-refractivity contribution in [3.63, 3.8) is 0 Å². The molecule has 0 aliphatic rings. The van der Waals surface area contributed by atoms with Crippen LogP contribution in [0, 0.1) is 11.3 Å². The van der Waals surface area contributed by atoms with Crippen LogP contribution < -0.4 is 5.32 Å². The molecular formula is C11H25N. The molecule has 0 spiro atoms. The predicted octanol–water partition coefficient (Wildman–Crippen LogP) is 3.06. The first-order chi connectivity index (χ1) is 5.45. The first-order valence-electron chi connectivity index (χ1n) is 5.16. The maximum absolute atomic E-state index is 3.38. The third-order valence-corrected chi connectivity index (χ3v) is 2.13. The zero-order chi connectivity index (χ0) is 9.61. The van der Waals surface area contributed by atoms with Crippen LogP contribution in [0.5, 0.6) is 0 Å². The summed E-state index contributed by atoms with van der Waals surface area (Å²) in [6, 6.07) is 0. The fraction of sp³-hybridized carbons (Fsp3) is 1.00. The summed E-state index contributed by atoms with van der Waals surface area (Å²) in [7, 11) is 0. The minimum absolute atomic E-state index is 0.500. The molecule has 0 radical (unpaired) electrons. The Kier molecular flexibility index (Phi) is 5.56. The van der Waals surface area contributed by atoms with E-state index in [1.54, 1.807) is 0 Å². The normalized spacial score (nSPS) is 14.8. The number of rotatable bonds is 5. The standard InChI is InChI=1S/C11H25N/c1-6-12-9-10(2)7-8-11(3,4)5/h10,12H,6-9H2,1-5H3. The summed E-state index contributed by atoms with van der Waals surface area (Å²) >= 11 is 0. The van der Waals surface area contributed by atoms with Gasteiger partial charge in [0, 0.05) is 0 Å². The lowest BCUT2D eigenvalue weighted by atomic mass is 9.87. The fourth-order valence-corrected chi connectivity index (χ4v) is 1.17. The van der Waals surface area contributed by atoms with Gasteiger partial charge in [-0.05, 0) is 37.3 Å². The van der Waals surface area contributed by atoms with Gasteiger partial charge >= 0.3 is 0 Å². The highest BCUT2D eigenvalue weighted by atomic mass is 14.8. The van der Waals surface area contributed by atoms with E-state index < -0.39 is 0 Å². The first kappa shape index (κ1) is 12.0. The molecule has 1 unspecified atom stereocenters. The molecule has 1 N–H and O–H groups in total. The lowest BCUT2D eigenvalue weighted by molar-refractivity contribution is 0.326. The molecule has 0 aromatic heterocycles. The molecule has 0 aromatic rings. The van der Waals surface area contributed by atoms with Crippen molar-refractivity contribution in [2.24, 2.45) is 11.3 Å². The van der Waals surface area contributed by atoms with Crippen LogP contribution in [-0.4, -0.2) is 13.1 Å². The lowest BCUT2D eigenvalue weighted by Crippen LogP contribution is -2.21. The van der Waals surface area contributed by atoms with Crippen LogP contribution in [0.4, 0.5) is 0 Å². The Morgan fingerprint density at radius 3 is 2.25 bits per heavy atom. The monoisotopic (exact) mass is 171 g/mol. The fourth-order valence-electron chi connectivity index (χ4n) is 1.17. The van der Waals surface area contributed by atoms with Gasteiger partial charge in [0.1, 0.15) is 0 Å². The largest absolute Gasteiger partial charge is 0.317 e. The van der Waals surface area contributed by atoms with Gasteiger partial charge in [-0.25, -0.2) is 0 Å². The van der Waals surface area contributed by atoms with Crippen molar-refractivity contribution < 1.29 is 0 Å². The molecule has 0 saturated heterocycles. The Hall–Kier alpha value is -0.0400. The van der Waals surface area contributed by atoms with Crippen LogP contribution in [0.1, 0.15) is 47.5 Å². The van der Waals surface area contributed by atoms with E-state index in [1.165, 1.54) is 19.4 Å². The Morgan fingerprint density at radius 1 is 1.25 bits per heavy atom. The molecule has 0 aliphatic carbocycles. The van der Waals surface area contributed by atoms with Gasteiger partial charge in [0.25, 0.3) is 0 Å². The summed E-state index contributed by atoms with van der Waals surface area (Å²) in [6.45, 7) is 13.7. The second-order valence-electron chi connectivity index (χ2n) is 5.01. The van der Waals surface area contributed by atoms with Crippen molar-refractivity contribution in [3.8, 4) is 0 Å². The third-order valence-electron chi connectivity index (χ3n) is 2.13. The van der Waals surface area contributed by atoms with Gasteiger partial charge < -0.3 is 5.32 Å². The minimum atomic E-state index is 0.500. The van der Waals surface area contributed by atoms with Crippen LogP contribution in [0.15, 0.2) is 0 Å². The molecule has 74 valence electrons. The summed E-state index contributed by atoms with van der Waals surface area (Å²) < 4.78 is 0. The first-order valence-corrected chi connectivity index (χ1v) is 5.16. The summed E-state index contributed by atoms with van der Waals surface area (Å²) in [5, 5.41) is 3.38. The summed E-state index contributed by atoms with van der Waals surface area (Å²) in [6.07, 6.45) is 2.68. The Bertz CT molecular complexity index is 102.